The molecule has 0 amide bonds. The van der Waals surface area contributed by atoms with Crippen LogP contribution in [0.1, 0.15) is 106 Å². The highest BCUT2D eigenvalue weighted by atomic mass is 16.4. The average molecular weight is 469 g/mol. The Balaban J connectivity index is 1.63. The van der Waals surface area contributed by atoms with E-state index >= 15 is 0 Å². The van der Waals surface area contributed by atoms with Crippen molar-refractivity contribution in [2.75, 3.05) is 0 Å². The van der Waals surface area contributed by atoms with Crippen molar-refractivity contribution in [3.8, 4) is 0 Å². The van der Waals surface area contributed by atoms with Crippen molar-refractivity contribution in [2.24, 2.45) is 50.2 Å². The van der Waals surface area contributed by atoms with E-state index in [4.69, 9.17) is 0 Å². The minimum atomic E-state index is -0.721. The first-order valence-electron chi connectivity index (χ1n) is 13.6. The van der Waals surface area contributed by atoms with E-state index in [2.05, 4.69) is 41.5 Å². The maximum atomic E-state index is 14.2. The van der Waals surface area contributed by atoms with Crippen molar-refractivity contribution >= 4 is 17.5 Å². The fourth-order valence-electron chi connectivity index (χ4n) is 10.2. The smallest absolute Gasteiger partial charge is 0.309 e. The number of hydrogen-bond donors (Lipinski definition) is 1. The van der Waals surface area contributed by atoms with Gasteiger partial charge in [0.25, 0.3) is 0 Å². The van der Waals surface area contributed by atoms with Crippen molar-refractivity contribution in [1.29, 1.82) is 0 Å². The lowest BCUT2D eigenvalue weighted by molar-refractivity contribution is -0.188. The predicted molar refractivity (Wildman–Crippen MR) is 132 cm³/mol. The molecule has 4 fully saturated rings. The normalized spacial score (nSPS) is 52.0. The highest BCUT2D eigenvalue weighted by molar-refractivity contribution is 5.96. The van der Waals surface area contributed by atoms with Gasteiger partial charge >= 0.3 is 5.97 Å². The lowest BCUT2D eigenvalue weighted by Crippen LogP contribution is -2.66. The minimum absolute atomic E-state index is 0.0707. The van der Waals surface area contributed by atoms with Crippen LogP contribution >= 0.6 is 0 Å². The highest BCUT2D eigenvalue weighted by Gasteiger charge is 2.70. The van der Waals surface area contributed by atoms with E-state index in [0.717, 1.165) is 44.9 Å². The van der Waals surface area contributed by atoms with Gasteiger partial charge in [0.2, 0.25) is 0 Å². The molecule has 0 unspecified atom stereocenters. The number of ketones is 2. The maximum Gasteiger partial charge on any atom is 0.309 e. The molecule has 0 aliphatic heterocycles. The average Bonchev–Trinajstić information content (AvgIpc) is 2.73. The topological polar surface area (TPSA) is 71.4 Å². The van der Waals surface area contributed by atoms with Crippen LogP contribution < -0.4 is 0 Å². The van der Waals surface area contributed by atoms with E-state index in [0.29, 0.717) is 18.6 Å². The van der Waals surface area contributed by atoms with Crippen LogP contribution in [0.2, 0.25) is 0 Å². The van der Waals surface area contributed by atoms with Crippen molar-refractivity contribution in [3.05, 3.63) is 11.6 Å². The zero-order valence-corrected chi connectivity index (χ0v) is 22.3. The van der Waals surface area contributed by atoms with Crippen molar-refractivity contribution in [1.82, 2.24) is 0 Å². The number of carboxylic acid groups (broad SMARTS) is 1. The van der Waals surface area contributed by atoms with Crippen molar-refractivity contribution in [2.45, 2.75) is 106 Å². The Morgan fingerprint density at radius 1 is 0.912 bits per heavy atom. The Labute approximate surface area is 205 Å². The molecule has 0 bridgehead atoms. The van der Waals surface area contributed by atoms with E-state index in [1.807, 2.05) is 13.0 Å². The molecule has 5 aliphatic carbocycles. The van der Waals surface area contributed by atoms with E-state index in [9.17, 15) is 19.5 Å². The molecule has 0 aromatic carbocycles. The molecule has 1 N–H and O–H groups in total. The number of carbonyl (C=O) groups is 3. The second-order valence-corrected chi connectivity index (χ2v) is 14.7. The summed E-state index contributed by atoms with van der Waals surface area (Å²) in [6.07, 6.45) is 9.78. The number of rotatable bonds is 1. The predicted octanol–water partition coefficient (Wildman–Crippen LogP) is 6.62. The fraction of sp³-hybridized carbons (Fsp3) is 0.833. The lowest BCUT2D eigenvalue weighted by atomic mass is 9.33. The molecule has 5 rings (SSSR count). The van der Waals surface area contributed by atoms with Gasteiger partial charge in [-0.25, -0.2) is 0 Å². The molecular weight excluding hydrogens is 424 g/mol. The molecule has 0 saturated heterocycles. The van der Waals surface area contributed by atoms with E-state index in [1.54, 1.807) is 0 Å². The molecule has 0 spiro atoms. The first kappa shape index (κ1) is 24.3. The van der Waals surface area contributed by atoms with E-state index in [1.165, 1.54) is 5.57 Å². The van der Waals surface area contributed by atoms with Crippen LogP contribution in [-0.4, -0.2) is 22.6 Å². The van der Waals surface area contributed by atoms with Crippen LogP contribution in [0.4, 0.5) is 0 Å². The molecule has 4 nitrogen and oxygen atoms in total. The Bertz CT molecular complexity index is 1010. The Kier molecular flexibility index (Phi) is 4.89. The quantitative estimate of drug-likeness (QED) is 0.469. The number of hydrogen-bond acceptors (Lipinski definition) is 3. The minimum Gasteiger partial charge on any atom is -0.481 e. The third-order valence-electron chi connectivity index (χ3n) is 12.8. The number of aliphatic carboxylic acids is 1. The molecule has 4 saturated carbocycles. The maximum absolute atomic E-state index is 14.2. The first-order valence-corrected chi connectivity index (χ1v) is 13.6. The summed E-state index contributed by atoms with van der Waals surface area (Å²) in [5.74, 6) is 0.222. The van der Waals surface area contributed by atoms with Crippen LogP contribution in [-0.2, 0) is 14.4 Å². The van der Waals surface area contributed by atoms with Gasteiger partial charge in [-0.2, -0.15) is 0 Å². The number of Topliss-reactive ketones (excluding diaryl/α,β-unsaturated/α-hetero) is 1. The standard InChI is InChI=1S/C30H44O4/c1-25(2)21-8-11-30(7)23(28(21,5)10-9-22(25)32)20(31)16-18-19-17-27(4,24(33)34)13-12-26(19,3)14-15-29(18,30)6/h16,19,21,23H,8-15,17H2,1-7H3,(H,33,34)/t19-,21-,23+,26+,27+,28+,29+,30+/m0/s1. The number of carbonyl (C=O) groups excluding carboxylic acids is 2. The Hall–Kier alpha value is -1.45. The fourth-order valence-corrected chi connectivity index (χ4v) is 10.2. The second-order valence-electron chi connectivity index (χ2n) is 14.7. The van der Waals surface area contributed by atoms with E-state index in [-0.39, 0.29) is 50.6 Å². The molecule has 0 heterocycles. The molecule has 4 heteroatoms. The van der Waals surface area contributed by atoms with Gasteiger partial charge in [-0.1, -0.05) is 47.1 Å². The summed E-state index contributed by atoms with van der Waals surface area (Å²) in [5.41, 5.74) is -0.205. The number of carboxylic acids is 1. The van der Waals surface area contributed by atoms with Crippen LogP contribution in [0.3, 0.4) is 0 Å². The molecular formula is C30H44O4. The molecule has 0 aromatic heterocycles. The summed E-state index contributed by atoms with van der Waals surface area (Å²) >= 11 is 0. The zero-order chi connectivity index (χ0) is 25.1. The van der Waals surface area contributed by atoms with E-state index < -0.39 is 11.4 Å². The monoisotopic (exact) mass is 468 g/mol. The summed E-state index contributed by atoms with van der Waals surface area (Å²) in [6, 6.07) is 0. The summed E-state index contributed by atoms with van der Waals surface area (Å²) in [5, 5.41) is 10.0. The number of fused-ring (bicyclic) bond motifs is 7. The SMILES string of the molecule is CC1(C)C(=O)CC[C@@]2(C)[C@H]3C(=O)C=C4[C@@H]5C[C@](C)(C(=O)O)CC[C@]5(C)CC[C@@]4(C)[C@]3(C)CC[C@@H]12. The van der Waals surface area contributed by atoms with Crippen LogP contribution in [0.5, 0.6) is 0 Å². The van der Waals surface area contributed by atoms with Gasteiger partial charge in [0, 0.05) is 17.8 Å². The summed E-state index contributed by atoms with van der Waals surface area (Å²) in [4.78, 5) is 39.3. The molecule has 8 atom stereocenters. The first-order chi connectivity index (χ1) is 15.6. The Morgan fingerprint density at radius 2 is 1.56 bits per heavy atom. The third kappa shape index (κ3) is 2.75. The molecule has 0 aromatic rings. The van der Waals surface area contributed by atoms with Crippen LogP contribution in [0.25, 0.3) is 0 Å². The molecule has 5 aliphatic rings. The summed E-state index contributed by atoms with van der Waals surface area (Å²) < 4.78 is 0. The van der Waals surface area contributed by atoms with Gasteiger partial charge in [0.1, 0.15) is 5.78 Å². The van der Waals surface area contributed by atoms with Gasteiger partial charge in [0.05, 0.1) is 5.41 Å². The zero-order valence-electron chi connectivity index (χ0n) is 22.3. The van der Waals surface area contributed by atoms with Gasteiger partial charge in [0.15, 0.2) is 5.78 Å². The van der Waals surface area contributed by atoms with Gasteiger partial charge in [-0.3, -0.25) is 14.4 Å². The van der Waals surface area contributed by atoms with Crippen molar-refractivity contribution < 1.29 is 19.5 Å². The van der Waals surface area contributed by atoms with Crippen molar-refractivity contribution in [3.63, 3.8) is 0 Å². The van der Waals surface area contributed by atoms with Crippen LogP contribution in [0.15, 0.2) is 11.6 Å². The lowest BCUT2D eigenvalue weighted by Gasteiger charge is -2.69. The van der Waals surface area contributed by atoms with Gasteiger partial charge in [-0.05, 0) is 97.9 Å². The third-order valence-corrected chi connectivity index (χ3v) is 12.8. The molecule has 34 heavy (non-hydrogen) atoms. The van der Waals surface area contributed by atoms with Gasteiger partial charge < -0.3 is 5.11 Å². The molecule has 0 radical (unpaired) electrons. The summed E-state index contributed by atoms with van der Waals surface area (Å²) in [7, 11) is 0. The summed E-state index contributed by atoms with van der Waals surface area (Å²) in [6.45, 7) is 15.5. The largest absolute Gasteiger partial charge is 0.481 e. The Morgan fingerprint density at radius 3 is 2.21 bits per heavy atom. The molecule has 188 valence electrons. The number of allylic oxidation sites excluding steroid dienone is 2. The van der Waals surface area contributed by atoms with Gasteiger partial charge in [-0.15, -0.1) is 0 Å². The van der Waals surface area contributed by atoms with Crippen LogP contribution in [0, 0.1) is 50.2 Å². The second kappa shape index (κ2) is 6.85. The highest BCUT2D eigenvalue weighted by Crippen LogP contribution is 2.74.